The van der Waals surface area contributed by atoms with Gasteiger partial charge in [0.15, 0.2) is 0 Å². The Morgan fingerprint density at radius 3 is 2.21 bits per heavy atom. The lowest BCUT2D eigenvalue weighted by Gasteiger charge is -2.17. The van der Waals surface area contributed by atoms with Crippen molar-refractivity contribution < 1.29 is 42.7 Å². The van der Waals surface area contributed by atoms with E-state index in [4.69, 9.17) is 15.0 Å². The van der Waals surface area contributed by atoms with Crippen molar-refractivity contribution in [1.82, 2.24) is 5.32 Å². The van der Waals surface area contributed by atoms with Crippen LogP contribution in [0.15, 0.2) is 18.2 Å². The van der Waals surface area contributed by atoms with Crippen molar-refractivity contribution in [3.05, 3.63) is 33.9 Å². The number of rotatable bonds is 10. The van der Waals surface area contributed by atoms with E-state index in [9.17, 15) is 32.9 Å². The monoisotopic (exact) mass is 513 g/mol. The molecule has 0 bridgehead atoms. The zero-order chi connectivity index (χ0) is 25.0. The number of nitrogens with zero attached hydrogens (tertiary/aromatic N) is 2. The highest BCUT2D eigenvalue weighted by Crippen LogP contribution is 2.31. The molecule has 10 nitrogen and oxygen atoms in total. The minimum atomic E-state index is -5.08. The van der Waals surface area contributed by atoms with Crippen LogP contribution in [-0.4, -0.2) is 70.3 Å². The Balaban J connectivity index is 0.000000675. The molecular weight excluding hydrogens is 491 g/mol. The largest absolute Gasteiger partial charge is 0.490 e. The van der Waals surface area contributed by atoms with Crippen molar-refractivity contribution in [2.24, 2.45) is 0 Å². The highest BCUT2D eigenvalue weighted by molar-refractivity contribution is 8.76. The molecule has 1 amide bonds. The maximum absolute atomic E-state index is 12.2. The number of carbonyl (C=O) groups is 3. The second-order valence-corrected chi connectivity index (χ2v) is 9.20. The normalized spacial score (nSPS) is 13.1. The quantitative estimate of drug-likeness (QED) is 0.184. The van der Waals surface area contributed by atoms with Crippen LogP contribution >= 0.6 is 21.6 Å². The Hall–Kier alpha value is -2.68. The molecule has 3 N–H and O–H groups in total. The van der Waals surface area contributed by atoms with Crippen molar-refractivity contribution >= 4 is 50.8 Å². The fourth-order valence-corrected chi connectivity index (χ4v) is 4.48. The minimum Gasteiger partial charge on any atom is -0.481 e. The number of alkyl halides is 3. The minimum absolute atomic E-state index is 0.0434. The van der Waals surface area contributed by atoms with Crippen LogP contribution in [0.25, 0.3) is 0 Å². The van der Waals surface area contributed by atoms with Gasteiger partial charge < -0.3 is 20.4 Å². The molecule has 184 valence electrons. The second kappa shape index (κ2) is 13.8. The zero-order valence-electron chi connectivity index (χ0n) is 17.2. The summed E-state index contributed by atoms with van der Waals surface area (Å²) in [6, 6.07) is 4.59. The molecule has 33 heavy (non-hydrogen) atoms. The molecule has 1 aromatic carbocycles. The van der Waals surface area contributed by atoms with Crippen LogP contribution < -0.4 is 10.2 Å². The maximum atomic E-state index is 12.2. The molecule has 0 aliphatic carbocycles. The van der Waals surface area contributed by atoms with Crippen molar-refractivity contribution in [3.63, 3.8) is 0 Å². The maximum Gasteiger partial charge on any atom is 0.490 e. The molecule has 1 fully saturated rings. The predicted octanol–water partition coefficient (Wildman–Crippen LogP) is 3.41. The molecular formula is C18H22F3N3O7S2. The van der Waals surface area contributed by atoms with E-state index in [0.29, 0.717) is 23.7 Å². The lowest BCUT2D eigenvalue weighted by molar-refractivity contribution is -0.384. The molecule has 0 aromatic heterocycles. The van der Waals surface area contributed by atoms with E-state index in [0.717, 1.165) is 25.9 Å². The Bertz CT molecular complexity index is 850. The molecule has 0 radical (unpaired) electrons. The first kappa shape index (κ1) is 28.4. The summed E-state index contributed by atoms with van der Waals surface area (Å²) < 4.78 is 31.7. The third kappa shape index (κ3) is 10.7. The summed E-state index contributed by atoms with van der Waals surface area (Å²) in [5.41, 5.74) is 0.788. The number of carboxylic acid groups (broad SMARTS) is 2. The Labute approximate surface area is 194 Å². The van der Waals surface area contributed by atoms with Crippen molar-refractivity contribution in [3.8, 4) is 0 Å². The van der Waals surface area contributed by atoms with Crippen LogP contribution in [0.1, 0.15) is 29.6 Å². The lowest BCUT2D eigenvalue weighted by atomic mass is 10.1. The van der Waals surface area contributed by atoms with Crippen LogP contribution in [0.2, 0.25) is 0 Å². The Kier molecular flexibility index (Phi) is 11.8. The number of nitro benzene ring substituents is 1. The summed E-state index contributed by atoms with van der Waals surface area (Å²) >= 11 is 0. The fraction of sp³-hybridized carbons (Fsp3) is 0.500. The first-order chi connectivity index (χ1) is 15.4. The van der Waals surface area contributed by atoms with Gasteiger partial charge in [-0.3, -0.25) is 19.7 Å². The molecule has 0 saturated carbocycles. The van der Waals surface area contributed by atoms with Crippen LogP contribution in [0.5, 0.6) is 0 Å². The van der Waals surface area contributed by atoms with Gasteiger partial charge in [0.25, 0.3) is 11.6 Å². The summed E-state index contributed by atoms with van der Waals surface area (Å²) in [5.74, 6) is -2.79. The molecule has 2 rings (SSSR count). The van der Waals surface area contributed by atoms with Gasteiger partial charge in [-0.15, -0.1) is 0 Å². The molecule has 1 aliphatic rings. The summed E-state index contributed by atoms with van der Waals surface area (Å²) in [5, 5.41) is 29.7. The van der Waals surface area contributed by atoms with Gasteiger partial charge in [0.1, 0.15) is 5.69 Å². The number of nitro groups is 1. The van der Waals surface area contributed by atoms with Gasteiger partial charge in [-0.1, -0.05) is 21.6 Å². The van der Waals surface area contributed by atoms with E-state index in [1.807, 2.05) is 4.90 Å². The average Bonchev–Trinajstić information content (AvgIpc) is 3.26. The van der Waals surface area contributed by atoms with Gasteiger partial charge in [0.05, 0.1) is 11.3 Å². The standard InChI is InChI=1S/C16H21N3O5S2.C2HF3O2/c20-15(21)5-9-25-26-10-6-17-16(22)12-3-4-13(14(11-12)19(23)24)18-7-1-2-8-18;3-2(4,5)1(6)7/h3-4,11H,1-2,5-10H2,(H,17,22)(H,20,21);(H,6,7). The summed E-state index contributed by atoms with van der Waals surface area (Å²) in [4.78, 5) is 44.4. The molecule has 1 heterocycles. The van der Waals surface area contributed by atoms with E-state index in [2.05, 4.69) is 5.32 Å². The van der Waals surface area contributed by atoms with Gasteiger partial charge >= 0.3 is 18.1 Å². The lowest BCUT2D eigenvalue weighted by Crippen LogP contribution is -2.26. The molecule has 1 saturated heterocycles. The van der Waals surface area contributed by atoms with Crippen LogP contribution in [-0.2, 0) is 9.59 Å². The summed E-state index contributed by atoms with van der Waals surface area (Å²) in [7, 11) is 2.92. The van der Waals surface area contributed by atoms with E-state index in [1.54, 1.807) is 12.1 Å². The van der Waals surface area contributed by atoms with Gasteiger partial charge in [-0.25, -0.2) is 4.79 Å². The van der Waals surface area contributed by atoms with Crippen LogP contribution in [0, 0.1) is 10.1 Å². The van der Waals surface area contributed by atoms with E-state index in [-0.39, 0.29) is 23.6 Å². The molecule has 0 atom stereocenters. The topological polar surface area (TPSA) is 150 Å². The van der Waals surface area contributed by atoms with Crippen molar-refractivity contribution in [1.29, 1.82) is 0 Å². The van der Waals surface area contributed by atoms with Crippen LogP contribution in [0.3, 0.4) is 0 Å². The van der Waals surface area contributed by atoms with Crippen molar-refractivity contribution in [2.45, 2.75) is 25.4 Å². The number of anilines is 1. The highest BCUT2D eigenvalue weighted by atomic mass is 33.1. The van der Waals surface area contributed by atoms with Gasteiger partial charge in [-0.2, -0.15) is 13.2 Å². The summed E-state index contributed by atoms with van der Waals surface area (Å²) in [6.07, 6.45) is -2.94. The first-order valence-corrected chi connectivity index (χ1v) is 12.0. The van der Waals surface area contributed by atoms with E-state index < -0.39 is 23.0 Å². The molecule has 1 aromatic rings. The zero-order valence-corrected chi connectivity index (χ0v) is 18.8. The number of halogens is 3. The van der Waals surface area contributed by atoms with E-state index >= 15 is 0 Å². The predicted molar refractivity (Wildman–Crippen MR) is 118 cm³/mol. The molecule has 0 spiro atoms. The van der Waals surface area contributed by atoms with E-state index in [1.165, 1.54) is 27.7 Å². The fourth-order valence-electron chi connectivity index (χ4n) is 2.59. The highest BCUT2D eigenvalue weighted by Gasteiger charge is 2.38. The number of benzene rings is 1. The number of nitrogens with one attached hydrogen (secondary N) is 1. The third-order valence-electron chi connectivity index (χ3n) is 4.08. The van der Waals surface area contributed by atoms with Gasteiger partial charge in [0, 0.05) is 42.8 Å². The molecule has 15 heteroatoms. The first-order valence-electron chi connectivity index (χ1n) is 9.51. The Morgan fingerprint density at radius 2 is 1.70 bits per heavy atom. The van der Waals surface area contributed by atoms with Crippen LogP contribution in [0.4, 0.5) is 24.5 Å². The second-order valence-electron chi connectivity index (χ2n) is 6.50. The number of aliphatic carboxylic acids is 2. The Morgan fingerprint density at radius 1 is 1.12 bits per heavy atom. The average molecular weight is 514 g/mol. The number of hydrogen-bond acceptors (Lipinski definition) is 8. The van der Waals surface area contributed by atoms with Gasteiger partial charge in [-0.05, 0) is 25.0 Å². The summed E-state index contributed by atoms with van der Waals surface area (Å²) in [6.45, 7) is 2.00. The number of carbonyl (C=O) groups excluding carboxylic acids is 1. The number of carboxylic acids is 2. The third-order valence-corrected chi connectivity index (χ3v) is 6.49. The van der Waals surface area contributed by atoms with Gasteiger partial charge in [0.2, 0.25) is 0 Å². The number of hydrogen-bond donors (Lipinski definition) is 3. The molecule has 0 unspecified atom stereocenters. The SMILES string of the molecule is O=C(O)C(F)(F)F.O=C(O)CCSSCCNC(=O)c1ccc(N2CCCC2)c([N+](=O)[O-])c1. The molecule has 1 aliphatic heterocycles. The smallest absolute Gasteiger partial charge is 0.481 e. The van der Waals surface area contributed by atoms with Crippen molar-refractivity contribution in [2.75, 3.05) is 36.0 Å². The number of amides is 1.